The Morgan fingerprint density at radius 3 is 2.76 bits per heavy atom. The predicted molar refractivity (Wildman–Crippen MR) is 74.8 cm³/mol. The van der Waals surface area contributed by atoms with E-state index in [1.54, 1.807) is 25.4 Å². The Kier molecular flexibility index (Phi) is 3.60. The lowest BCUT2D eigenvalue weighted by Gasteiger charge is -2.16. The molecular formula is C14H15NO5S. The Morgan fingerprint density at radius 1 is 1.19 bits per heavy atom. The first-order chi connectivity index (χ1) is 10.1. The lowest BCUT2D eigenvalue weighted by Crippen LogP contribution is -2.28. The van der Waals surface area contributed by atoms with Crippen LogP contribution in [0.5, 0.6) is 11.5 Å². The largest absolute Gasteiger partial charge is 0.469 e. The van der Waals surface area contributed by atoms with Crippen molar-refractivity contribution < 1.29 is 22.3 Å². The molecule has 112 valence electrons. The summed E-state index contributed by atoms with van der Waals surface area (Å²) in [6.07, 6.45) is 2.09. The third kappa shape index (κ3) is 2.74. The highest BCUT2D eigenvalue weighted by Crippen LogP contribution is 2.34. The van der Waals surface area contributed by atoms with Gasteiger partial charge in [0.2, 0.25) is 16.8 Å². The van der Waals surface area contributed by atoms with Crippen LogP contribution in [-0.4, -0.2) is 33.1 Å². The molecule has 0 atom stereocenters. The van der Waals surface area contributed by atoms with Crippen molar-refractivity contribution in [2.45, 2.75) is 11.3 Å². The maximum atomic E-state index is 12.5. The van der Waals surface area contributed by atoms with Gasteiger partial charge in [-0.3, -0.25) is 0 Å². The van der Waals surface area contributed by atoms with Gasteiger partial charge in [-0.15, -0.1) is 0 Å². The van der Waals surface area contributed by atoms with Crippen molar-refractivity contribution in [1.29, 1.82) is 0 Å². The molecule has 1 aliphatic rings. The molecule has 0 bridgehead atoms. The normalized spacial score (nSPS) is 13.8. The number of furan rings is 1. The predicted octanol–water partition coefficient (Wildman–Crippen LogP) is 1.87. The maximum Gasteiger partial charge on any atom is 0.242 e. The molecule has 0 spiro atoms. The Hall–Kier alpha value is -1.99. The van der Waals surface area contributed by atoms with E-state index in [9.17, 15) is 8.42 Å². The number of ether oxygens (including phenoxy) is 2. The average molecular weight is 309 g/mol. The second-order valence-electron chi connectivity index (χ2n) is 4.67. The molecule has 2 heterocycles. The van der Waals surface area contributed by atoms with Gasteiger partial charge < -0.3 is 13.9 Å². The molecule has 0 N–H and O–H groups in total. The summed E-state index contributed by atoms with van der Waals surface area (Å²) in [6.45, 7) is 0.456. The number of benzene rings is 1. The minimum Gasteiger partial charge on any atom is -0.469 e. The molecule has 1 aliphatic heterocycles. The van der Waals surface area contributed by atoms with E-state index in [1.807, 2.05) is 6.07 Å². The molecule has 6 nitrogen and oxygen atoms in total. The van der Waals surface area contributed by atoms with E-state index in [4.69, 9.17) is 13.9 Å². The first kappa shape index (κ1) is 14.0. The highest BCUT2D eigenvalue weighted by molar-refractivity contribution is 7.89. The summed E-state index contributed by atoms with van der Waals surface area (Å²) in [4.78, 5) is 0.189. The van der Waals surface area contributed by atoms with Crippen molar-refractivity contribution in [3.8, 4) is 11.5 Å². The maximum absolute atomic E-state index is 12.5. The summed E-state index contributed by atoms with van der Waals surface area (Å²) in [5.41, 5.74) is 0. The summed E-state index contributed by atoms with van der Waals surface area (Å²) < 4.78 is 41.9. The number of sulfonamides is 1. The van der Waals surface area contributed by atoms with E-state index < -0.39 is 10.0 Å². The summed E-state index contributed by atoms with van der Waals surface area (Å²) in [7, 11) is -2.01. The smallest absolute Gasteiger partial charge is 0.242 e. The third-order valence-electron chi connectivity index (χ3n) is 3.31. The van der Waals surface area contributed by atoms with E-state index in [-0.39, 0.29) is 11.7 Å². The first-order valence-corrected chi connectivity index (χ1v) is 7.90. The van der Waals surface area contributed by atoms with Crippen LogP contribution in [0.25, 0.3) is 0 Å². The second kappa shape index (κ2) is 5.42. The number of hydrogen-bond acceptors (Lipinski definition) is 5. The molecular weight excluding hydrogens is 294 g/mol. The molecule has 0 amide bonds. The highest BCUT2D eigenvalue weighted by atomic mass is 32.2. The third-order valence-corrected chi connectivity index (χ3v) is 5.16. The van der Waals surface area contributed by atoms with Gasteiger partial charge in [-0.2, -0.15) is 0 Å². The van der Waals surface area contributed by atoms with Crippen molar-refractivity contribution in [3.05, 3.63) is 42.4 Å². The van der Waals surface area contributed by atoms with Crippen LogP contribution in [0.4, 0.5) is 0 Å². The lowest BCUT2D eigenvalue weighted by atomic mass is 10.3. The Bertz CT molecular complexity index is 724. The number of fused-ring (bicyclic) bond motifs is 1. The molecule has 21 heavy (non-hydrogen) atoms. The van der Waals surface area contributed by atoms with Crippen molar-refractivity contribution >= 4 is 10.0 Å². The van der Waals surface area contributed by atoms with Crippen LogP contribution in [0.1, 0.15) is 5.76 Å². The summed E-state index contributed by atoms with van der Waals surface area (Å²) in [6, 6.07) is 8.21. The topological polar surface area (TPSA) is 69.0 Å². The minimum atomic E-state index is -3.56. The van der Waals surface area contributed by atoms with E-state index >= 15 is 0 Å². The van der Waals surface area contributed by atoms with Crippen LogP contribution >= 0.6 is 0 Å². The van der Waals surface area contributed by atoms with Crippen molar-refractivity contribution in [2.24, 2.45) is 0 Å². The van der Waals surface area contributed by atoms with E-state index in [0.717, 1.165) is 5.76 Å². The molecule has 0 saturated heterocycles. The Morgan fingerprint density at radius 2 is 2.00 bits per heavy atom. The minimum absolute atomic E-state index is 0.118. The van der Waals surface area contributed by atoms with E-state index in [1.165, 1.54) is 16.4 Å². The summed E-state index contributed by atoms with van der Waals surface area (Å²) >= 11 is 0. The van der Waals surface area contributed by atoms with Gasteiger partial charge in [0.1, 0.15) is 5.76 Å². The molecule has 7 heteroatoms. The molecule has 1 aromatic carbocycles. The van der Waals surface area contributed by atoms with Crippen LogP contribution in [0.15, 0.2) is 45.9 Å². The molecule has 0 saturated carbocycles. The van der Waals surface area contributed by atoms with Gasteiger partial charge in [-0.25, -0.2) is 12.7 Å². The van der Waals surface area contributed by atoms with Gasteiger partial charge in [0.25, 0.3) is 0 Å². The highest BCUT2D eigenvalue weighted by Gasteiger charge is 2.24. The molecule has 1 aromatic heterocycles. The van der Waals surface area contributed by atoms with Crippen LogP contribution in [0.3, 0.4) is 0 Å². The second-order valence-corrected chi connectivity index (χ2v) is 6.72. The number of likely N-dealkylation sites (N-methyl/N-ethyl adjacent to an activating group) is 1. The molecule has 3 rings (SSSR count). The SMILES string of the molecule is CN(CCc1ccco1)S(=O)(=O)c1ccc2c(c1)OCO2. The number of rotatable bonds is 5. The van der Waals surface area contributed by atoms with Crippen LogP contribution in [0, 0.1) is 0 Å². The molecule has 0 unspecified atom stereocenters. The monoisotopic (exact) mass is 309 g/mol. The molecule has 0 fully saturated rings. The van der Waals surface area contributed by atoms with Gasteiger partial charge in [0.15, 0.2) is 11.5 Å². The zero-order valence-electron chi connectivity index (χ0n) is 11.5. The fourth-order valence-corrected chi connectivity index (χ4v) is 3.25. The van der Waals surface area contributed by atoms with E-state index in [2.05, 4.69) is 0 Å². The molecule has 0 radical (unpaired) electrons. The Balaban J connectivity index is 1.76. The van der Waals surface area contributed by atoms with Gasteiger partial charge in [0, 0.05) is 26.1 Å². The molecule has 2 aromatic rings. The quantitative estimate of drug-likeness (QED) is 0.843. The van der Waals surface area contributed by atoms with Crippen LogP contribution in [-0.2, 0) is 16.4 Å². The van der Waals surface area contributed by atoms with Gasteiger partial charge >= 0.3 is 0 Å². The first-order valence-electron chi connectivity index (χ1n) is 6.46. The zero-order chi connectivity index (χ0) is 14.9. The van der Waals surface area contributed by atoms with E-state index in [0.29, 0.717) is 24.5 Å². The Labute approximate surface area is 122 Å². The molecule has 0 aliphatic carbocycles. The zero-order valence-corrected chi connectivity index (χ0v) is 12.3. The van der Waals surface area contributed by atoms with Crippen LogP contribution < -0.4 is 9.47 Å². The van der Waals surface area contributed by atoms with Gasteiger partial charge in [0.05, 0.1) is 11.2 Å². The van der Waals surface area contributed by atoms with Gasteiger partial charge in [-0.1, -0.05) is 0 Å². The van der Waals surface area contributed by atoms with Crippen molar-refractivity contribution in [3.63, 3.8) is 0 Å². The summed E-state index contributed by atoms with van der Waals surface area (Å²) in [5, 5.41) is 0. The number of hydrogen-bond donors (Lipinski definition) is 0. The summed E-state index contributed by atoms with van der Waals surface area (Å²) in [5.74, 6) is 1.77. The average Bonchev–Trinajstić information content (AvgIpc) is 3.14. The van der Waals surface area contributed by atoms with Gasteiger partial charge in [-0.05, 0) is 24.3 Å². The fraction of sp³-hybridized carbons (Fsp3) is 0.286. The van der Waals surface area contributed by atoms with Crippen molar-refractivity contribution in [1.82, 2.24) is 4.31 Å². The fourth-order valence-electron chi connectivity index (χ4n) is 2.06. The van der Waals surface area contributed by atoms with Crippen LogP contribution in [0.2, 0.25) is 0 Å². The number of nitrogens with zero attached hydrogens (tertiary/aromatic N) is 1. The standard InChI is InChI=1S/C14H15NO5S/c1-15(7-6-11-3-2-8-18-11)21(16,17)12-4-5-13-14(9-12)20-10-19-13/h2-5,8-9H,6-7,10H2,1H3. The van der Waals surface area contributed by atoms with Crippen molar-refractivity contribution in [2.75, 3.05) is 20.4 Å². The lowest BCUT2D eigenvalue weighted by molar-refractivity contribution is 0.174.